The zero-order valence-corrected chi connectivity index (χ0v) is 23.6. The number of amides is 1. The van der Waals surface area contributed by atoms with Gasteiger partial charge in [0, 0.05) is 33.2 Å². The van der Waals surface area contributed by atoms with Crippen LogP contribution in [-0.4, -0.2) is 80.3 Å². The number of aromatic amines is 1. The van der Waals surface area contributed by atoms with Crippen molar-refractivity contribution in [1.82, 2.24) is 9.88 Å². The third kappa shape index (κ3) is 5.43. The Kier molecular flexibility index (Phi) is 8.03. The number of halogens is 2. The second-order valence-electron chi connectivity index (χ2n) is 10.3. The fourth-order valence-corrected chi connectivity index (χ4v) is 5.79. The van der Waals surface area contributed by atoms with Gasteiger partial charge in [-0.2, -0.15) is 0 Å². The minimum Gasteiger partial charge on any atom is -0.462 e. The van der Waals surface area contributed by atoms with E-state index in [1.165, 1.54) is 0 Å². The van der Waals surface area contributed by atoms with Crippen LogP contribution in [-0.2, 0) is 11.2 Å². The quantitative estimate of drug-likeness (QED) is 0.228. The molecule has 0 saturated carbocycles. The molecule has 42 heavy (non-hydrogen) atoms. The van der Waals surface area contributed by atoms with Crippen LogP contribution in [0.2, 0.25) is 10.0 Å². The van der Waals surface area contributed by atoms with Gasteiger partial charge >= 0.3 is 6.09 Å². The zero-order chi connectivity index (χ0) is 29.5. The van der Waals surface area contributed by atoms with Gasteiger partial charge in [0.05, 0.1) is 6.61 Å². The van der Waals surface area contributed by atoms with Gasteiger partial charge in [-0.15, -0.1) is 0 Å². The second kappa shape index (κ2) is 11.7. The Balaban J connectivity index is 1.31. The number of nitrogens with zero attached hydrogens (tertiary/aromatic N) is 1. The number of aromatic nitrogens is 1. The van der Waals surface area contributed by atoms with E-state index >= 15 is 0 Å². The lowest BCUT2D eigenvalue weighted by molar-refractivity contribution is -0.277. The molecule has 220 valence electrons. The maximum absolute atomic E-state index is 13.5. The van der Waals surface area contributed by atoms with Crippen LogP contribution in [0.1, 0.15) is 22.9 Å². The molecule has 3 heterocycles. The molecular weight excluding hydrogens is 587 g/mol. The molecule has 0 spiro atoms. The van der Waals surface area contributed by atoms with Crippen molar-refractivity contribution in [3.05, 3.63) is 93.6 Å². The summed E-state index contributed by atoms with van der Waals surface area (Å²) >= 11 is 12.3. The molecule has 1 fully saturated rings. The Labute approximate surface area is 250 Å². The Bertz CT molecular complexity index is 1580. The van der Waals surface area contributed by atoms with Crippen LogP contribution in [0.4, 0.5) is 4.79 Å². The summed E-state index contributed by atoms with van der Waals surface area (Å²) in [4.78, 5) is 18.6. The third-order valence-electron chi connectivity index (χ3n) is 7.64. The molecule has 12 heteroatoms. The van der Waals surface area contributed by atoms with Crippen LogP contribution in [0.15, 0.2) is 66.7 Å². The van der Waals surface area contributed by atoms with E-state index in [-0.39, 0.29) is 0 Å². The number of H-pyrrole nitrogens is 1. The van der Waals surface area contributed by atoms with Crippen LogP contribution in [0.25, 0.3) is 10.9 Å². The first-order valence-corrected chi connectivity index (χ1v) is 14.1. The molecule has 1 amide bonds. The van der Waals surface area contributed by atoms with E-state index in [4.69, 9.17) is 37.4 Å². The summed E-state index contributed by atoms with van der Waals surface area (Å²) in [7, 11) is 0. The van der Waals surface area contributed by atoms with Crippen molar-refractivity contribution in [2.75, 3.05) is 13.2 Å². The molecule has 0 aliphatic carbocycles. The largest absolute Gasteiger partial charge is 0.462 e. The Morgan fingerprint density at radius 3 is 2.33 bits per heavy atom. The minimum absolute atomic E-state index is 0.304. The topological polar surface area (TPSA) is 145 Å². The van der Waals surface area contributed by atoms with E-state index in [1.54, 1.807) is 59.5 Å². The molecule has 2 aliphatic heterocycles. The zero-order valence-electron chi connectivity index (χ0n) is 22.1. The smallest absolute Gasteiger partial charge is 0.416 e. The normalized spacial score (nSPS) is 25.7. The fourth-order valence-electron chi connectivity index (χ4n) is 5.49. The van der Waals surface area contributed by atoms with E-state index in [9.17, 15) is 25.2 Å². The van der Waals surface area contributed by atoms with Crippen LogP contribution in [0.5, 0.6) is 11.5 Å². The van der Waals surface area contributed by atoms with Crippen molar-refractivity contribution in [1.29, 1.82) is 0 Å². The summed E-state index contributed by atoms with van der Waals surface area (Å²) in [6.45, 7) is -0.182. The third-order valence-corrected chi connectivity index (χ3v) is 8.13. The highest BCUT2D eigenvalue weighted by molar-refractivity contribution is 6.31. The Morgan fingerprint density at radius 1 is 0.929 bits per heavy atom. The van der Waals surface area contributed by atoms with E-state index < -0.39 is 49.4 Å². The number of aliphatic hydroxyl groups is 4. The predicted molar refractivity (Wildman–Crippen MR) is 154 cm³/mol. The number of fused-ring (bicyclic) bond motifs is 3. The molecule has 6 unspecified atom stereocenters. The van der Waals surface area contributed by atoms with Crippen molar-refractivity contribution in [3.63, 3.8) is 0 Å². The summed E-state index contributed by atoms with van der Waals surface area (Å²) in [5.41, 5.74) is 3.52. The molecule has 10 nitrogen and oxygen atoms in total. The van der Waals surface area contributed by atoms with Gasteiger partial charge < -0.3 is 39.6 Å². The first-order chi connectivity index (χ1) is 20.2. The van der Waals surface area contributed by atoms with Gasteiger partial charge in [-0.1, -0.05) is 35.3 Å². The average molecular weight is 615 g/mol. The highest BCUT2D eigenvalue weighted by Gasteiger charge is 2.45. The van der Waals surface area contributed by atoms with Crippen LogP contribution >= 0.6 is 23.2 Å². The van der Waals surface area contributed by atoms with E-state index in [0.29, 0.717) is 34.5 Å². The molecule has 5 N–H and O–H groups in total. The van der Waals surface area contributed by atoms with E-state index in [0.717, 1.165) is 27.7 Å². The number of aliphatic hydroxyl groups excluding tert-OH is 4. The standard InChI is InChI=1S/C30H28Cl2N2O8/c31-16-3-8-19(9-4-16)41-30(39)34-12-11-20-21-13-17(32)5-10-22(21)33-24(20)25(34)15-1-6-18(7-2-15)40-29-28(38)27(37)26(36)23(14-35)42-29/h1-10,13,23,25-29,33,35-38H,11-12,14H2. The molecule has 6 rings (SSSR count). The lowest BCUT2D eigenvalue weighted by atomic mass is 9.92. The van der Waals surface area contributed by atoms with Gasteiger partial charge in [-0.3, -0.25) is 4.90 Å². The van der Waals surface area contributed by atoms with Crippen LogP contribution in [0, 0.1) is 0 Å². The molecule has 0 bridgehead atoms. The number of ether oxygens (including phenoxy) is 3. The highest BCUT2D eigenvalue weighted by Crippen LogP contribution is 2.40. The van der Waals surface area contributed by atoms with Crippen molar-refractivity contribution in [2.24, 2.45) is 0 Å². The summed E-state index contributed by atoms with van der Waals surface area (Å²) < 4.78 is 16.9. The maximum Gasteiger partial charge on any atom is 0.416 e. The second-order valence-corrected chi connectivity index (χ2v) is 11.1. The van der Waals surface area contributed by atoms with Crippen LogP contribution < -0.4 is 9.47 Å². The number of carbonyl (C=O) groups is 1. The number of benzene rings is 3. The van der Waals surface area contributed by atoms with Gasteiger partial charge in [0.15, 0.2) is 0 Å². The number of nitrogens with one attached hydrogen (secondary N) is 1. The molecule has 2 aliphatic rings. The van der Waals surface area contributed by atoms with Gasteiger partial charge in [0.2, 0.25) is 6.29 Å². The predicted octanol–water partition coefficient (Wildman–Crippen LogP) is 3.80. The van der Waals surface area contributed by atoms with E-state index in [1.807, 2.05) is 12.1 Å². The van der Waals surface area contributed by atoms with Gasteiger partial charge in [0.1, 0.15) is 42.0 Å². The number of hydrogen-bond donors (Lipinski definition) is 5. The monoisotopic (exact) mass is 614 g/mol. The van der Waals surface area contributed by atoms with Gasteiger partial charge in [-0.05, 0) is 72.1 Å². The van der Waals surface area contributed by atoms with Crippen molar-refractivity contribution in [3.8, 4) is 11.5 Å². The van der Waals surface area contributed by atoms with E-state index in [2.05, 4.69) is 4.98 Å². The maximum atomic E-state index is 13.5. The molecular formula is C30H28Cl2N2O8. The lowest BCUT2D eigenvalue weighted by Gasteiger charge is -2.39. The fraction of sp³-hybridized carbons (Fsp3) is 0.300. The van der Waals surface area contributed by atoms with Crippen molar-refractivity contribution < 1.29 is 39.4 Å². The summed E-state index contributed by atoms with van der Waals surface area (Å²) in [6, 6.07) is 18.5. The first kappa shape index (κ1) is 28.8. The number of hydrogen-bond acceptors (Lipinski definition) is 8. The first-order valence-electron chi connectivity index (χ1n) is 13.3. The average Bonchev–Trinajstić information content (AvgIpc) is 3.36. The molecule has 6 atom stereocenters. The van der Waals surface area contributed by atoms with Crippen molar-refractivity contribution >= 4 is 40.2 Å². The summed E-state index contributed by atoms with van der Waals surface area (Å²) in [5, 5.41) is 42.1. The minimum atomic E-state index is -1.56. The van der Waals surface area contributed by atoms with Gasteiger partial charge in [-0.25, -0.2) is 4.79 Å². The summed E-state index contributed by atoms with van der Waals surface area (Å²) in [5.74, 6) is 0.665. The van der Waals surface area contributed by atoms with Gasteiger partial charge in [0.25, 0.3) is 0 Å². The molecule has 1 aromatic heterocycles. The number of carbonyl (C=O) groups excluding carboxylic acids is 1. The molecule has 1 saturated heterocycles. The Morgan fingerprint density at radius 2 is 1.62 bits per heavy atom. The SMILES string of the molecule is O=C(Oc1ccc(Cl)cc1)N1CCc2c([nH]c3ccc(Cl)cc23)C1c1ccc(OC2OC(CO)C(O)C(O)C2O)cc1. The highest BCUT2D eigenvalue weighted by atomic mass is 35.5. The summed E-state index contributed by atoms with van der Waals surface area (Å²) in [6.07, 6.45) is -6.96. The molecule has 0 radical (unpaired) electrons. The van der Waals surface area contributed by atoms with Crippen molar-refractivity contribution in [2.45, 2.75) is 43.2 Å². The van der Waals surface area contributed by atoms with Crippen LogP contribution in [0.3, 0.4) is 0 Å². The Hall–Kier alpha value is -3.35. The lowest BCUT2D eigenvalue weighted by Crippen LogP contribution is -2.60. The molecule has 4 aromatic rings. The number of rotatable bonds is 5. The molecule has 3 aromatic carbocycles.